The summed E-state index contributed by atoms with van der Waals surface area (Å²) in [5, 5.41) is 21.0. The van der Waals surface area contributed by atoms with Gasteiger partial charge in [0.1, 0.15) is 12.1 Å². The maximum atomic E-state index is 11.1. The second-order valence-electron chi connectivity index (χ2n) is 3.59. The van der Waals surface area contributed by atoms with Gasteiger partial charge in [-0.3, -0.25) is 0 Å². The lowest BCUT2D eigenvalue weighted by atomic mass is 10.1. The van der Waals surface area contributed by atoms with Crippen molar-refractivity contribution < 1.29 is 14.6 Å². The van der Waals surface area contributed by atoms with E-state index in [-0.39, 0.29) is 0 Å². The molecule has 0 radical (unpaired) electrons. The number of aliphatic carboxylic acids is 1. The maximum Gasteiger partial charge on any atom is 0.326 e. The van der Waals surface area contributed by atoms with E-state index < -0.39 is 12.0 Å². The van der Waals surface area contributed by atoms with Crippen LogP contribution in [0, 0.1) is 11.3 Å². The van der Waals surface area contributed by atoms with Crippen LogP contribution < -0.4 is 5.32 Å². The fraction of sp³-hybridized carbons (Fsp3) is 0.333. The number of methoxy groups -OCH3 is 1. The standard InChI is InChI=1S/C12H13BrN2O3/c1-18-6-5-11(12(16)17)15-10-4-2-3-9(13)8(10)7-14/h2-4,11,15H,5-6H2,1H3,(H,16,17). The molecule has 1 rings (SSSR count). The van der Waals surface area contributed by atoms with E-state index in [1.165, 1.54) is 7.11 Å². The van der Waals surface area contributed by atoms with E-state index in [4.69, 9.17) is 15.1 Å². The average Bonchev–Trinajstić information content (AvgIpc) is 2.34. The number of carboxylic acid groups (broad SMARTS) is 1. The highest BCUT2D eigenvalue weighted by Gasteiger charge is 2.18. The highest BCUT2D eigenvalue weighted by Crippen LogP contribution is 2.24. The van der Waals surface area contributed by atoms with E-state index in [9.17, 15) is 4.79 Å². The summed E-state index contributed by atoms with van der Waals surface area (Å²) in [6.45, 7) is 0.333. The first-order chi connectivity index (χ1) is 8.60. The van der Waals surface area contributed by atoms with Crippen LogP contribution in [-0.2, 0) is 9.53 Å². The van der Waals surface area contributed by atoms with Crippen molar-refractivity contribution in [2.45, 2.75) is 12.5 Å². The lowest BCUT2D eigenvalue weighted by Crippen LogP contribution is -2.30. The first-order valence-electron chi connectivity index (χ1n) is 5.27. The smallest absolute Gasteiger partial charge is 0.326 e. The van der Waals surface area contributed by atoms with Crippen LogP contribution in [-0.4, -0.2) is 30.8 Å². The summed E-state index contributed by atoms with van der Waals surface area (Å²) in [4.78, 5) is 11.1. The zero-order valence-electron chi connectivity index (χ0n) is 9.81. The van der Waals surface area contributed by atoms with E-state index >= 15 is 0 Å². The molecule has 0 heterocycles. The Kier molecular flexibility index (Phi) is 5.62. The number of hydrogen-bond donors (Lipinski definition) is 2. The Morgan fingerprint density at radius 3 is 2.94 bits per heavy atom. The number of rotatable bonds is 6. The molecule has 0 spiro atoms. The van der Waals surface area contributed by atoms with E-state index in [0.717, 1.165) is 0 Å². The molecule has 96 valence electrons. The summed E-state index contributed by atoms with van der Waals surface area (Å²) < 4.78 is 5.49. The van der Waals surface area contributed by atoms with Crippen LogP contribution in [0.4, 0.5) is 5.69 Å². The van der Waals surface area contributed by atoms with Gasteiger partial charge in [-0.25, -0.2) is 4.79 Å². The van der Waals surface area contributed by atoms with Crippen molar-refractivity contribution in [1.29, 1.82) is 5.26 Å². The number of nitrogens with zero attached hydrogens (tertiary/aromatic N) is 1. The first kappa shape index (κ1) is 14.5. The molecule has 6 heteroatoms. The van der Waals surface area contributed by atoms with Gasteiger partial charge in [0.05, 0.1) is 11.3 Å². The molecule has 0 aliphatic rings. The van der Waals surface area contributed by atoms with Gasteiger partial charge in [0.15, 0.2) is 0 Å². The first-order valence-corrected chi connectivity index (χ1v) is 6.06. The van der Waals surface area contributed by atoms with Gasteiger partial charge in [-0.2, -0.15) is 5.26 Å². The molecule has 1 aromatic carbocycles. The van der Waals surface area contributed by atoms with Gasteiger partial charge in [-0.05, 0) is 28.1 Å². The summed E-state index contributed by atoms with van der Waals surface area (Å²) in [6, 6.07) is 6.39. The van der Waals surface area contributed by atoms with E-state index in [1.807, 2.05) is 6.07 Å². The summed E-state index contributed by atoms with van der Waals surface area (Å²) in [6.07, 6.45) is 0.323. The Hall–Kier alpha value is -1.58. The number of ether oxygens (including phenoxy) is 1. The van der Waals surface area contributed by atoms with E-state index in [1.54, 1.807) is 18.2 Å². The molecule has 0 amide bonds. The van der Waals surface area contributed by atoms with Crippen molar-refractivity contribution >= 4 is 27.6 Å². The molecular weight excluding hydrogens is 300 g/mol. The van der Waals surface area contributed by atoms with Crippen molar-refractivity contribution in [2.75, 3.05) is 19.0 Å². The molecular formula is C12H13BrN2O3. The third-order valence-corrected chi connectivity index (χ3v) is 3.02. The van der Waals surface area contributed by atoms with Crippen LogP contribution in [0.15, 0.2) is 22.7 Å². The number of hydrogen-bond acceptors (Lipinski definition) is 4. The number of benzene rings is 1. The summed E-state index contributed by atoms with van der Waals surface area (Å²) in [7, 11) is 1.51. The summed E-state index contributed by atoms with van der Waals surface area (Å²) in [5.74, 6) is -0.976. The third kappa shape index (κ3) is 3.72. The number of nitrogens with one attached hydrogen (secondary N) is 1. The molecule has 1 aromatic rings. The molecule has 5 nitrogen and oxygen atoms in total. The lowest BCUT2D eigenvalue weighted by molar-refractivity contribution is -0.138. The van der Waals surface area contributed by atoms with Gasteiger partial charge in [0, 0.05) is 24.6 Å². The van der Waals surface area contributed by atoms with Crippen molar-refractivity contribution in [3.8, 4) is 6.07 Å². The zero-order valence-corrected chi connectivity index (χ0v) is 11.4. The van der Waals surface area contributed by atoms with E-state index in [2.05, 4.69) is 21.2 Å². The molecule has 1 unspecified atom stereocenters. The van der Waals surface area contributed by atoms with Crippen molar-refractivity contribution in [1.82, 2.24) is 0 Å². The monoisotopic (exact) mass is 312 g/mol. The fourth-order valence-corrected chi connectivity index (χ4v) is 1.89. The van der Waals surface area contributed by atoms with Crippen molar-refractivity contribution in [2.24, 2.45) is 0 Å². The largest absolute Gasteiger partial charge is 0.480 e. The zero-order chi connectivity index (χ0) is 13.5. The van der Waals surface area contributed by atoms with Gasteiger partial charge in [0.2, 0.25) is 0 Å². The quantitative estimate of drug-likeness (QED) is 0.841. The molecule has 1 atom stereocenters. The fourth-order valence-electron chi connectivity index (χ4n) is 1.44. The number of carboxylic acids is 1. The van der Waals surface area contributed by atoms with Gasteiger partial charge < -0.3 is 15.2 Å². The minimum absolute atomic E-state index is 0.323. The predicted octanol–water partition coefficient (Wildman–Crippen LogP) is 2.22. The maximum absolute atomic E-state index is 11.1. The van der Waals surface area contributed by atoms with Crippen molar-refractivity contribution in [3.63, 3.8) is 0 Å². The lowest BCUT2D eigenvalue weighted by Gasteiger charge is -2.16. The molecule has 0 aromatic heterocycles. The Labute approximate surface area is 114 Å². The number of anilines is 1. The Morgan fingerprint density at radius 1 is 1.67 bits per heavy atom. The number of nitriles is 1. The highest BCUT2D eigenvalue weighted by molar-refractivity contribution is 9.10. The Balaban J connectivity index is 2.91. The molecule has 2 N–H and O–H groups in total. The van der Waals surface area contributed by atoms with Crippen LogP contribution in [0.25, 0.3) is 0 Å². The molecule has 0 fully saturated rings. The van der Waals surface area contributed by atoms with Gasteiger partial charge in [-0.15, -0.1) is 0 Å². The number of carbonyl (C=O) groups is 1. The SMILES string of the molecule is COCCC(Nc1cccc(Br)c1C#N)C(=O)O. The summed E-state index contributed by atoms with van der Waals surface area (Å²) in [5.41, 5.74) is 0.886. The second-order valence-corrected chi connectivity index (χ2v) is 4.45. The Morgan fingerprint density at radius 2 is 2.39 bits per heavy atom. The predicted molar refractivity (Wildman–Crippen MR) is 70.4 cm³/mol. The van der Waals surface area contributed by atoms with Crippen LogP contribution in [0.5, 0.6) is 0 Å². The third-order valence-electron chi connectivity index (χ3n) is 2.36. The van der Waals surface area contributed by atoms with Gasteiger partial charge in [-0.1, -0.05) is 6.07 Å². The van der Waals surface area contributed by atoms with Crippen LogP contribution in [0.2, 0.25) is 0 Å². The molecule has 0 bridgehead atoms. The van der Waals surface area contributed by atoms with Gasteiger partial charge >= 0.3 is 5.97 Å². The summed E-state index contributed by atoms with van der Waals surface area (Å²) >= 11 is 3.25. The molecule has 0 saturated heterocycles. The highest BCUT2D eigenvalue weighted by atomic mass is 79.9. The minimum Gasteiger partial charge on any atom is -0.480 e. The van der Waals surface area contributed by atoms with Crippen molar-refractivity contribution in [3.05, 3.63) is 28.2 Å². The molecule has 18 heavy (non-hydrogen) atoms. The molecule has 0 aliphatic carbocycles. The molecule has 0 saturated carbocycles. The van der Waals surface area contributed by atoms with Gasteiger partial charge in [0.25, 0.3) is 0 Å². The number of halogens is 1. The second kappa shape index (κ2) is 6.99. The normalized spacial score (nSPS) is 11.6. The van der Waals surface area contributed by atoms with Crippen LogP contribution in [0.1, 0.15) is 12.0 Å². The average molecular weight is 313 g/mol. The topological polar surface area (TPSA) is 82.3 Å². The van der Waals surface area contributed by atoms with Crippen LogP contribution in [0.3, 0.4) is 0 Å². The molecule has 0 aliphatic heterocycles. The minimum atomic E-state index is -0.976. The van der Waals surface area contributed by atoms with E-state index in [0.29, 0.717) is 28.8 Å². The van der Waals surface area contributed by atoms with Crippen LogP contribution >= 0.6 is 15.9 Å². The Bertz CT molecular complexity index is 471.